The molecule has 2 aliphatic rings. The molecule has 4 N–H and O–H groups in total. The third-order valence-corrected chi connectivity index (χ3v) is 6.80. The quantitative estimate of drug-likeness (QED) is 0.197. The summed E-state index contributed by atoms with van der Waals surface area (Å²) < 4.78 is 11.0. The SMILES string of the molecule is O=C(/C=C/c1ccc(CN(CCOC(=O)NCC2CCCO2)CCC2CNc3ccccc32)cc1)NO. The van der Waals surface area contributed by atoms with E-state index in [1.165, 1.54) is 17.3 Å². The van der Waals surface area contributed by atoms with Crippen molar-refractivity contribution in [3.63, 3.8) is 0 Å². The molecular formula is C28H36N4O5. The Balaban J connectivity index is 1.30. The van der Waals surface area contributed by atoms with Gasteiger partial charge in [-0.05, 0) is 54.6 Å². The van der Waals surface area contributed by atoms with E-state index in [1.54, 1.807) is 11.6 Å². The first-order valence-electron chi connectivity index (χ1n) is 12.9. The summed E-state index contributed by atoms with van der Waals surface area (Å²) in [6.07, 6.45) is 5.58. The van der Waals surface area contributed by atoms with Gasteiger partial charge in [-0.3, -0.25) is 14.9 Å². The lowest BCUT2D eigenvalue weighted by molar-refractivity contribution is -0.124. The van der Waals surface area contributed by atoms with Crippen molar-refractivity contribution in [2.45, 2.75) is 37.8 Å². The number of hydrogen-bond donors (Lipinski definition) is 4. The molecule has 0 spiro atoms. The van der Waals surface area contributed by atoms with E-state index in [0.717, 1.165) is 50.1 Å². The van der Waals surface area contributed by atoms with Gasteiger partial charge in [0.15, 0.2) is 0 Å². The Bertz CT molecular complexity index is 1050. The highest BCUT2D eigenvalue weighted by molar-refractivity contribution is 5.90. The van der Waals surface area contributed by atoms with Crippen LogP contribution in [0.2, 0.25) is 0 Å². The second-order valence-corrected chi connectivity index (χ2v) is 9.43. The molecule has 0 aliphatic carbocycles. The molecule has 0 radical (unpaired) electrons. The molecule has 2 atom stereocenters. The second-order valence-electron chi connectivity index (χ2n) is 9.43. The van der Waals surface area contributed by atoms with Crippen LogP contribution < -0.4 is 16.1 Å². The Labute approximate surface area is 217 Å². The molecule has 0 aromatic heterocycles. The highest BCUT2D eigenvalue weighted by atomic mass is 16.5. The number of ether oxygens (including phenoxy) is 2. The molecule has 0 saturated carbocycles. The van der Waals surface area contributed by atoms with Crippen LogP contribution in [0, 0.1) is 0 Å². The molecule has 1 saturated heterocycles. The molecular weight excluding hydrogens is 472 g/mol. The van der Waals surface area contributed by atoms with Crippen molar-refractivity contribution < 1.29 is 24.3 Å². The summed E-state index contributed by atoms with van der Waals surface area (Å²) in [5.41, 5.74) is 6.13. The number of anilines is 1. The zero-order valence-corrected chi connectivity index (χ0v) is 21.0. The molecule has 9 heteroatoms. The fourth-order valence-electron chi connectivity index (χ4n) is 4.75. The van der Waals surface area contributed by atoms with Gasteiger partial charge in [-0.2, -0.15) is 0 Å². The van der Waals surface area contributed by atoms with E-state index in [2.05, 4.69) is 39.8 Å². The number of para-hydroxylation sites is 1. The second kappa shape index (κ2) is 13.8. The minimum absolute atomic E-state index is 0.0859. The van der Waals surface area contributed by atoms with Crippen molar-refractivity contribution in [2.24, 2.45) is 0 Å². The predicted molar refractivity (Wildman–Crippen MR) is 141 cm³/mol. The normalized spacial score (nSPS) is 18.5. The van der Waals surface area contributed by atoms with Crippen molar-refractivity contribution in [3.05, 3.63) is 71.3 Å². The molecule has 2 aromatic rings. The van der Waals surface area contributed by atoms with Gasteiger partial charge in [-0.1, -0.05) is 42.5 Å². The van der Waals surface area contributed by atoms with Gasteiger partial charge in [0.25, 0.3) is 5.91 Å². The number of rotatable bonds is 12. The number of carbonyl (C=O) groups excluding carboxylic acids is 2. The summed E-state index contributed by atoms with van der Waals surface area (Å²) in [5.74, 6) is -0.127. The minimum Gasteiger partial charge on any atom is -0.448 e. The van der Waals surface area contributed by atoms with E-state index in [0.29, 0.717) is 32.2 Å². The first-order valence-corrected chi connectivity index (χ1v) is 12.9. The lowest BCUT2D eigenvalue weighted by atomic mass is 9.97. The zero-order chi connectivity index (χ0) is 25.9. The van der Waals surface area contributed by atoms with Gasteiger partial charge in [0.05, 0.1) is 6.10 Å². The lowest BCUT2D eigenvalue weighted by Gasteiger charge is -2.24. The predicted octanol–water partition coefficient (Wildman–Crippen LogP) is 3.51. The van der Waals surface area contributed by atoms with Gasteiger partial charge in [-0.25, -0.2) is 10.3 Å². The van der Waals surface area contributed by atoms with Crippen molar-refractivity contribution in [1.82, 2.24) is 15.7 Å². The molecule has 2 amide bonds. The molecule has 2 aromatic carbocycles. The van der Waals surface area contributed by atoms with Crippen molar-refractivity contribution in [2.75, 3.05) is 44.7 Å². The van der Waals surface area contributed by atoms with E-state index in [4.69, 9.17) is 14.7 Å². The topological polar surface area (TPSA) is 112 Å². The largest absolute Gasteiger partial charge is 0.448 e. The van der Waals surface area contributed by atoms with E-state index >= 15 is 0 Å². The standard InChI is InChI=1S/C28H36N4O5/c33-27(31-35)12-11-21-7-9-22(10-8-21)20-32(14-13-23-18-29-26-6-2-1-5-25(23)26)15-17-37-28(34)30-19-24-4-3-16-36-24/h1-2,5-12,23-24,29,35H,3-4,13-20H2,(H,30,34)(H,31,33)/b12-11+. The van der Waals surface area contributed by atoms with Gasteiger partial charge in [0, 0.05) is 50.5 Å². The Morgan fingerprint density at radius 1 is 1.16 bits per heavy atom. The third-order valence-electron chi connectivity index (χ3n) is 6.80. The molecule has 4 rings (SSSR count). The molecule has 198 valence electrons. The molecule has 2 unspecified atom stereocenters. The van der Waals surface area contributed by atoms with Gasteiger partial charge in [0.1, 0.15) is 6.61 Å². The van der Waals surface area contributed by atoms with E-state index in [1.807, 2.05) is 24.3 Å². The molecule has 2 heterocycles. The van der Waals surface area contributed by atoms with Crippen LogP contribution in [0.3, 0.4) is 0 Å². The average Bonchev–Trinajstić information content (AvgIpc) is 3.60. The molecule has 1 fully saturated rings. The van der Waals surface area contributed by atoms with Crippen molar-refractivity contribution in [3.8, 4) is 0 Å². The third kappa shape index (κ3) is 8.31. The van der Waals surface area contributed by atoms with Crippen LogP contribution >= 0.6 is 0 Å². The zero-order valence-electron chi connectivity index (χ0n) is 21.0. The summed E-state index contributed by atoms with van der Waals surface area (Å²) in [6.45, 7) is 4.66. The smallest absolute Gasteiger partial charge is 0.407 e. The Hall–Kier alpha value is -3.40. The number of nitrogens with zero attached hydrogens (tertiary/aromatic N) is 1. The summed E-state index contributed by atoms with van der Waals surface area (Å²) in [7, 11) is 0. The minimum atomic E-state index is -0.571. The fraction of sp³-hybridized carbons (Fsp3) is 0.429. The number of alkyl carbamates (subject to hydrolysis) is 1. The number of fused-ring (bicyclic) bond motifs is 1. The molecule has 37 heavy (non-hydrogen) atoms. The van der Waals surface area contributed by atoms with Gasteiger partial charge < -0.3 is 20.1 Å². The maximum atomic E-state index is 12.1. The van der Waals surface area contributed by atoms with Crippen LogP contribution in [-0.2, 0) is 20.8 Å². The highest BCUT2D eigenvalue weighted by Crippen LogP contribution is 2.33. The Morgan fingerprint density at radius 3 is 2.78 bits per heavy atom. The van der Waals surface area contributed by atoms with Crippen LogP contribution in [0.1, 0.15) is 41.9 Å². The van der Waals surface area contributed by atoms with E-state index in [9.17, 15) is 9.59 Å². The highest BCUT2D eigenvalue weighted by Gasteiger charge is 2.22. The Kier molecular flexibility index (Phi) is 9.93. The van der Waals surface area contributed by atoms with Crippen LogP contribution in [0.15, 0.2) is 54.6 Å². The average molecular weight is 509 g/mol. The monoisotopic (exact) mass is 508 g/mol. The summed E-state index contributed by atoms with van der Waals surface area (Å²) in [5, 5.41) is 14.9. The molecule has 2 aliphatic heterocycles. The maximum Gasteiger partial charge on any atom is 0.407 e. The van der Waals surface area contributed by atoms with Gasteiger partial charge in [0.2, 0.25) is 0 Å². The summed E-state index contributed by atoms with van der Waals surface area (Å²) >= 11 is 0. The summed E-state index contributed by atoms with van der Waals surface area (Å²) in [4.78, 5) is 25.7. The van der Waals surface area contributed by atoms with Gasteiger partial charge in [-0.15, -0.1) is 0 Å². The fourth-order valence-corrected chi connectivity index (χ4v) is 4.75. The van der Waals surface area contributed by atoms with Crippen molar-refractivity contribution in [1.29, 1.82) is 0 Å². The van der Waals surface area contributed by atoms with E-state index < -0.39 is 12.0 Å². The van der Waals surface area contributed by atoms with Crippen LogP contribution in [0.5, 0.6) is 0 Å². The van der Waals surface area contributed by atoms with Crippen LogP contribution in [-0.4, -0.2) is 67.6 Å². The number of nitrogens with one attached hydrogen (secondary N) is 3. The van der Waals surface area contributed by atoms with Crippen molar-refractivity contribution >= 4 is 23.8 Å². The number of hydrogen-bond acceptors (Lipinski definition) is 7. The maximum absolute atomic E-state index is 12.1. The first kappa shape index (κ1) is 26.7. The van der Waals surface area contributed by atoms with Crippen LogP contribution in [0.25, 0.3) is 6.08 Å². The number of benzene rings is 2. The number of hydroxylamine groups is 1. The number of carbonyl (C=O) groups is 2. The summed E-state index contributed by atoms with van der Waals surface area (Å²) in [6, 6.07) is 16.3. The number of amides is 2. The Morgan fingerprint density at radius 2 is 2.00 bits per heavy atom. The van der Waals surface area contributed by atoms with Gasteiger partial charge >= 0.3 is 6.09 Å². The van der Waals surface area contributed by atoms with Crippen LogP contribution in [0.4, 0.5) is 10.5 Å². The van der Waals surface area contributed by atoms with E-state index in [-0.39, 0.29) is 6.10 Å². The molecule has 0 bridgehead atoms. The molecule has 9 nitrogen and oxygen atoms in total. The lowest BCUT2D eigenvalue weighted by Crippen LogP contribution is -2.35. The first-order chi connectivity index (χ1) is 18.1.